The molecule has 3 aliphatic heterocycles. The van der Waals surface area contributed by atoms with Crippen LogP contribution in [-0.2, 0) is 11.3 Å². The molecule has 3 aliphatic rings. The van der Waals surface area contributed by atoms with E-state index in [9.17, 15) is 14.9 Å². The van der Waals surface area contributed by atoms with E-state index in [2.05, 4.69) is 22.1 Å². The highest BCUT2D eigenvalue weighted by Crippen LogP contribution is 2.31. The maximum atomic E-state index is 13.0. The first-order valence-corrected chi connectivity index (χ1v) is 11.6. The van der Waals surface area contributed by atoms with Gasteiger partial charge in [0.25, 0.3) is 0 Å². The predicted molar refractivity (Wildman–Crippen MR) is 127 cm³/mol. The fourth-order valence-corrected chi connectivity index (χ4v) is 5.18. The zero-order valence-electron chi connectivity index (χ0n) is 20.1. The summed E-state index contributed by atoms with van der Waals surface area (Å²) in [6, 6.07) is 7.58. The maximum absolute atomic E-state index is 13.0. The second-order valence-electron chi connectivity index (χ2n) is 9.16. The van der Waals surface area contributed by atoms with Gasteiger partial charge in [0.2, 0.25) is 0 Å². The number of fused-ring (bicyclic) bond motifs is 1. The topological polar surface area (TPSA) is 111 Å². The minimum Gasteiger partial charge on any atom is -0.495 e. The van der Waals surface area contributed by atoms with Gasteiger partial charge < -0.3 is 19.7 Å². The van der Waals surface area contributed by atoms with Gasteiger partial charge in [-0.25, -0.2) is 14.6 Å². The number of rotatable bonds is 5. The van der Waals surface area contributed by atoms with Crippen LogP contribution in [0.15, 0.2) is 24.4 Å². The Labute approximate surface area is 204 Å². The van der Waals surface area contributed by atoms with Crippen LogP contribution in [-0.4, -0.2) is 79.7 Å². The van der Waals surface area contributed by atoms with Gasteiger partial charge in [0, 0.05) is 50.9 Å². The van der Waals surface area contributed by atoms with Crippen molar-refractivity contribution in [3.05, 3.63) is 52.2 Å². The molecule has 0 bridgehead atoms. The van der Waals surface area contributed by atoms with E-state index in [0.717, 1.165) is 37.3 Å². The number of hydrogen-bond donors (Lipinski definition) is 1. The van der Waals surface area contributed by atoms with Gasteiger partial charge in [-0.3, -0.25) is 9.80 Å². The fourth-order valence-electron chi connectivity index (χ4n) is 5.18. The number of methoxy groups -OCH3 is 1. The number of esters is 1. The smallest absolute Gasteiger partial charge is 0.338 e. The number of amides is 2. The summed E-state index contributed by atoms with van der Waals surface area (Å²) in [4.78, 5) is 35.0. The molecule has 0 radical (unpaired) electrons. The fraction of sp³-hybridized carbons (Fsp3) is 0.440. The second kappa shape index (κ2) is 9.17. The molecular formula is C25H28N6O4. The van der Waals surface area contributed by atoms with Crippen molar-refractivity contribution in [3.8, 4) is 11.8 Å². The van der Waals surface area contributed by atoms with Crippen LogP contribution in [0.25, 0.3) is 0 Å². The number of benzene rings is 1. The van der Waals surface area contributed by atoms with Gasteiger partial charge in [-0.15, -0.1) is 0 Å². The molecule has 0 aliphatic carbocycles. The molecule has 2 aromatic rings. The Kier molecular flexibility index (Phi) is 6.05. The van der Waals surface area contributed by atoms with Crippen LogP contribution in [0.4, 0.5) is 10.6 Å². The molecule has 10 heteroatoms. The van der Waals surface area contributed by atoms with E-state index in [0.29, 0.717) is 35.8 Å². The summed E-state index contributed by atoms with van der Waals surface area (Å²) in [5, 5.41) is 12.8. The molecule has 5 rings (SSSR count). The largest absolute Gasteiger partial charge is 0.495 e. The third-order valence-corrected chi connectivity index (χ3v) is 7.25. The van der Waals surface area contributed by atoms with E-state index in [1.807, 2.05) is 25.2 Å². The molecule has 1 unspecified atom stereocenters. The number of piperazine rings is 1. The zero-order chi connectivity index (χ0) is 24.7. The SMILES string of the molecule is COc1cc(N2CC(CN3CCN[C@H](c4ccc5c(c4C)COC5=O)C3)N(C)C2=O)ncc1C#N. The number of pyridine rings is 1. The number of anilines is 1. The van der Waals surface area contributed by atoms with Crippen LogP contribution in [0.5, 0.6) is 5.75 Å². The standard InChI is InChI=1S/C25H28N6O4/c1-15-18(4-5-19-20(15)14-35-24(19)32)21-13-30(7-6-27-21)11-17-12-31(25(33)29(17)2)23-8-22(34-3)16(9-26)10-28-23/h4-5,8,10,17,21,27H,6-7,11-14H2,1-3H3/t17?,21-/m0/s1. The predicted octanol–water partition coefficient (Wildman–Crippen LogP) is 1.83. The lowest BCUT2D eigenvalue weighted by Crippen LogP contribution is -2.50. The summed E-state index contributed by atoms with van der Waals surface area (Å²) >= 11 is 0. The van der Waals surface area contributed by atoms with Crippen molar-refractivity contribution >= 4 is 17.8 Å². The third-order valence-electron chi connectivity index (χ3n) is 7.25. The average Bonchev–Trinajstić information content (AvgIpc) is 3.39. The normalized spacial score (nSPS) is 22.2. The molecule has 0 saturated carbocycles. The van der Waals surface area contributed by atoms with Gasteiger partial charge in [-0.1, -0.05) is 6.07 Å². The Morgan fingerprint density at radius 1 is 1.31 bits per heavy atom. The molecule has 1 aromatic heterocycles. The highest BCUT2D eigenvalue weighted by atomic mass is 16.5. The minimum absolute atomic E-state index is 0.00294. The lowest BCUT2D eigenvalue weighted by atomic mass is 9.93. The van der Waals surface area contributed by atoms with Crippen molar-refractivity contribution in [2.45, 2.75) is 25.6 Å². The second-order valence-corrected chi connectivity index (χ2v) is 9.16. The van der Waals surface area contributed by atoms with Gasteiger partial charge >= 0.3 is 12.0 Å². The molecule has 4 heterocycles. The van der Waals surface area contributed by atoms with Crippen molar-refractivity contribution in [3.63, 3.8) is 0 Å². The van der Waals surface area contributed by atoms with Crippen LogP contribution in [0.1, 0.15) is 38.7 Å². The molecule has 0 spiro atoms. The first kappa shape index (κ1) is 23.1. The number of carbonyl (C=O) groups excluding carboxylic acids is 2. The van der Waals surface area contributed by atoms with E-state index in [-0.39, 0.29) is 24.1 Å². The van der Waals surface area contributed by atoms with Crippen molar-refractivity contribution in [2.75, 3.05) is 51.8 Å². The molecule has 2 fully saturated rings. The number of likely N-dealkylation sites (N-methyl/N-ethyl adjacent to an activating group) is 1. The Morgan fingerprint density at radius 2 is 2.14 bits per heavy atom. The number of cyclic esters (lactones) is 1. The van der Waals surface area contributed by atoms with Gasteiger partial charge in [0.05, 0.1) is 31.5 Å². The van der Waals surface area contributed by atoms with E-state index >= 15 is 0 Å². The van der Waals surface area contributed by atoms with E-state index < -0.39 is 0 Å². The van der Waals surface area contributed by atoms with Crippen LogP contribution in [0.2, 0.25) is 0 Å². The van der Waals surface area contributed by atoms with Gasteiger partial charge in [0.1, 0.15) is 29.8 Å². The molecular weight excluding hydrogens is 448 g/mol. The lowest BCUT2D eigenvalue weighted by Gasteiger charge is -2.36. The first-order valence-electron chi connectivity index (χ1n) is 11.6. The van der Waals surface area contributed by atoms with Crippen molar-refractivity contribution < 1.29 is 19.1 Å². The number of nitriles is 1. The summed E-state index contributed by atoms with van der Waals surface area (Å²) in [7, 11) is 3.31. The molecule has 1 aromatic carbocycles. The molecule has 2 atom stereocenters. The Balaban J connectivity index is 1.29. The molecule has 35 heavy (non-hydrogen) atoms. The summed E-state index contributed by atoms with van der Waals surface area (Å²) in [5.74, 6) is 0.628. The minimum atomic E-state index is -0.249. The van der Waals surface area contributed by atoms with E-state index in [1.165, 1.54) is 18.9 Å². The quantitative estimate of drug-likeness (QED) is 0.651. The van der Waals surface area contributed by atoms with E-state index in [1.54, 1.807) is 15.9 Å². The molecule has 2 saturated heterocycles. The van der Waals surface area contributed by atoms with Gasteiger partial charge in [0.15, 0.2) is 0 Å². The summed E-state index contributed by atoms with van der Waals surface area (Å²) in [6.07, 6.45) is 1.44. The summed E-state index contributed by atoms with van der Waals surface area (Å²) < 4.78 is 10.5. The monoisotopic (exact) mass is 476 g/mol. The van der Waals surface area contributed by atoms with Gasteiger partial charge in [-0.2, -0.15) is 5.26 Å². The number of nitrogens with one attached hydrogen (secondary N) is 1. The summed E-state index contributed by atoms with van der Waals surface area (Å²) in [6.45, 7) is 6.14. The summed E-state index contributed by atoms with van der Waals surface area (Å²) in [5.41, 5.74) is 4.26. The van der Waals surface area contributed by atoms with Crippen LogP contribution in [0.3, 0.4) is 0 Å². The number of ether oxygens (including phenoxy) is 2. The average molecular weight is 477 g/mol. The maximum Gasteiger partial charge on any atom is 0.338 e. The zero-order valence-corrected chi connectivity index (χ0v) is 20.1. The Bertz CT molecular complexity index is 1230. The number of hydrogen-bond acceptors (Lipinski definition) is 8. The van der Waals surface area contributed by atoms with Crippen LogP contribution in [0, 0.1) is 18.3 Å². The highest BCUT2D eigenvalue weighted by molar-refractivity contribution is 5.94. The van der Waals surface area contributed by atoms with Crippen LogP contribution >= 0.6 is 0 Å². The number of carbonyl (C=O) groups is 2. The van der Waals surface area contributed by atoms with Crippen molar-refractivity contribution in [1.29, 1.82) is 5.26 Å². The molecule has 1 N–H and O–H groups in total. The van der Waals surface area contributed by atoms with Gasteiger partial charge in [-0.05, 0) is 24.1 Å². The van der Waals surface area contributed by atoms with E-state index in [4.69, 9.17) is 9.47 Å². The molecule has 182 valence electrons. The van der Waals surface area contributed by atoms with Crippen molar-refractivity contribution in [2.24, 2.45) is 0 Å². The Hall–Kier alpha value is -3.68. The Morgan fingerprint density at radius 3 is 2.91 bits per heavy atom. The highest BCUT2D eigenvalue weighted by Gasteiger charge is 2.38. The van der Waals surface area contributed by atoms with Crippen molar-refractivity contribution in [1.82, 2.24) is 20.1 Å². The third kappa shape index (κ3) is 4.07. The molecule has 10 nitrogen and oxygen atoms in total. The first-order chi connectivity index (χ1) is 16.9. The number of aromatic nitrogens is 1. The van der Waals surface area contributed by atoms with Crippen LogP contribution < -0.4 is 15.0 Å². The number of nitrogens with zero attached hydrogens (tertiary/aromatic N) is 5. The molecule has 2 amide bonds. The number of urea groups is 1. The lowest BCUT2D eigenvalue weighted by molar-refractivity contribution is 0.0535.